The lowest BCUT2D eigenvalue weighted by Gasteiger charge is -2.22. The van der Waals surface area contributed by atoms with Gasteiger partial charge in [0.2, 0.25) is 0 Å². The lowest BCUT2D eigenvalue weighted by molar-refractivity contribution is -0.0119. The third-order valence-electron chi connectivity index (χ3n) is 5.82. The second-order valence-electron chi connectivity index (χ2n) is 8.23. The first-order valence-electron chi connectivity index (χ1n) is 11.3. The maximum Gasteiger partial charge on any atom is 0.194 e. The van der Waals surface area contributed by atoms with Crippen LogP contribution in [0.5, 0.6) is 5.88 Å². The number of aryl methyl sites for hydroxylation is 3. The summed E-state index contributed by atoms with van der Waals surface area (Å²) in [5, 5.41) is 0. The zero-order valence-electron chi connectivity index (χ0n) is 18.2. The van der Waals surface area contributed by atoms with E-state index in [1.807, 2.05) is 6.07 Å². The Labute approximate surface area is 183 Å². The van der Waals surface area contributed by atoms with Gasteiger partial charge in [0.15, 0.2) is 11.3 Å². The van der Waals surface area contributed by atoms with Gasteiger partial charge in [-0.2, -0.15) is 0 Å². The Bertz CT molecular complexity index is 999. The van der Waals surface area contributed by atoms with Crippen molar-refractivity contribution in [3.05, 3.63) is 76.0 Å². The van der Waals surface area contributed by atoms with Crippen LogP contribution in [-0.4, -0.2) is 24.3 Å². The molecule has 1 atom stereocenters. The third-order valence-corrected chi connectivity index (χ3v) is 5.82. The van der Waals surface area contributed by atoms with E-state index in [0.717, 1.165) is 56.4 Å². The Kier molecular flexibility index (Phi) is 7.26. The summed E-state index contributed by atoms with van der Waals surface area (Å²) in [6.45, 7) is 3.43. The fourth-order valence-corrected chi connectivity index (χ4v) is 4.13. The van der Waals surface area contributed by atoms with E-state index in [0.29, 0.717) is 24.5 Å². The summed E-state index contributed by atoms with van der Waals surface area (Å²) in [6, 6.07) is 12.1. The predicted molar refractivity (Wildman–Crippen MR) is 122 cm³/mol. The largest absolute Gasteiger partial charge is 0.476 e. The summed E-state index contributed by atoms with van der Waals surface area (Å²) in [6.07, 6.45) is 10.4. The molecule has 3 aromatic rings. The molecule has 1 unspecified atom stereocenters. The van der Waals surface area contributed by atoms with E-state index < -0.39 is 0 Å². The molecular formula is C26H31NO4. The maximum atomic E-state index is 13.0. The van der Waals surface area contributed by atoms with Crippen LogP contribution in [-0.2, 0) is 24.0 Å². The molecule has 1 saturated heterocycles. The van der Waals surface area contributed by atoms with Crippen molar-refractivity contribution < 1.29 is 13.9 Å². The van der Waals surface area contributed by atoms with Gasteiger partial charge in [0, 0.05) is 23.9 Å². The molecule has 0 amide bonds. The van der Waals surface area contributed by atoms with E-state index >= 15 is 0 Å². The number of aromatic amines is 1. The molecule has 5 nitrogen and oxygen atoms in total. The Morgan fingerprint density at radius 3 is 2.55 bits per heavy atom. The maximum absolute atomic E-state index is 13.0. The minimum absolute atomic E-state index is 0.0620. The SMILES string of the molecule is CCCc1ccc(CCc2[nH]c(OCC3CCCCO3)cc(=O)c2-c2ccoc2)cc1. The van der Waals surface area contributed by atoms with Gasteiger partial charge in [-0.3, -0.25) is 4.79 Å². The molecule has 1 aliphatic heterocycles. The number of hydrogen-bond donors (Lipinski definition) is 1. The van der Waals surface area contributed by atoms with Gasteiger partial charge in [0.05, 0.1) is 24.2 Å². The molecule has 0 aliphatic carbocycles. The molecule has 1 fully saturated rings. The minimum atomic E-state index is -0.0620. The average Bonchev–Trinajstić information content (AvgIpc) is 3.32. The Morgan fingerprint density at radius 2 is 1.87 bits per heavy atom. The number of aromatic nitrogens is 1. The second-order valence-corrected chi connectivity index (χ2v) is 8.23. The van der Waals surface area contributed by atoms with Gasteiger partial charge in [-0.15, -0.1) is 0 Å². The number of H-pyrrole nitrogens is 1. The van der Waals surface area contributed by atoms with Crippen molar-refractivity contribution in [3.8, 4) is 17.0 Å². The first-order chi connectivity index (χ1) is 15.2. The van der Waals surface area contributed by atoms with E-state index in [1.54, 1.807) is 12.5 Å². The van der Waals surface area contributed by atoms with Crippen LogP contribution in [0, 0.1) is 0 Å². The van der Waals surface area contributed by atoms with Crippen LogP contribution in [0.15, 0.2) is 58.1 Å². The lowest BCUT2D eigenvalue weighted by atomic mass is 10.00. The van der Waals surface area contributed by atoms with E-state index in [2.05, 4.69) is 36.2 Å². The zero-order valence-corrected chi connectivity index (χ0v) is 18.2. The minimum Gasteiger partial charge on any atom is -0.476 e. The molecule has 1 aliphatic rings. The van der Waals surface area contributed by atoms with E-state index in [-0.39, 0.29) is 11.5 Å². The highest BCUT2D eigenvalue weighted by atomic mass is 16.5. The monoisotopic (exact) mass is 421 g/mol. The quantitative estimate of drug-likeness (QED) is 0.508. The van der Waals surface area contributed by atoms with Gasteiger partial charge in [0.1, 0.15) is 6.61 Å². The smallest absolute Gasteiger partial charge is 0.194 e. The summed E-state index contributed by atoms with van der Waals surface area (Å²) in [7, 11) is 0. The van der Waals surface area contributed by atoms with Gasteiger partial charge in [0.25, 0.3) is 0 Å². The molecule has 0 spiro atoms. The molecule has 2 aromatic heterocycles. The number of pyridine rings is 1. The molecule has 164 valence electrons. The van der Waals surface area contributed by atoms with Crippen LogP contribution in [0.1, 0.15) is 49.4 Å². The second kappa shape index (κ2) is 10.5. The fourth-order valence-electron chi connectivity index (χ4n) is 4.13. The van der Waals surface area contributed by atoms with Crippen LogP contribution in [0.3, 0.4) is 0 Å². The third kappa shape index (κ3) is 5.67. The summed E-state index contributed by atoms with van der Waals surface area (Å²) in [5.74, 6) is 0.500. The highest BCUT2D eigenvalue weighted by Crippen LogP contribution is 2.24. The summed E-state index contributed by atoms with van der Waals surface area (Å²) >= 11 is 0. The molecule has 5 heteroatoms. The number of hydrogen-bond acceptors (Lipinski definition) is 4. The van der Waals surface area contributed by atoms with Crippen LogP contribution in [0.4, 0.5) is 0 Å². The summed E-state index contributed by atoms with van der Waals surface area (Å²) in [4.78, 5) is 16.3. The normalized spacial score (nSPS) is 16.4. The topological polar surface area (TPSA) is 64.5 Å². The molecule has 0 bridgehead atoms. The van der Waals surface area contributed by atoms with Crippen LogP contribution < -0.4 is 10.2 Å². The highest BCUT2D eigenvalue weighted by molar-refractivity contribution is 5.65. The summed E-state index contributed by atoms with van der Waals surface area (Å²) in [5.41, 5.74) is 4.85. The Balaban J connectivity index is 1.52. The first-order valence-corrected chi connectivity index (χ1v) is 11.3. The zero-order chi connectivity index (χ0) is 21.5. The number of nitrogens with one attached hydrogen (secondary N) is 1. The number of ether oxygens (including phenoxy) is 2. The van der Waals surface area contributed by atoms with Crippen molar-refractivity contribution in [1.82, 2.24) is 4.98 Å². The standard InChI is InChI=1S/C26H31NO4/c1-2-5-19-7-9-20(10-8-19)11-12-23-26(21-13-15-29-17-21)24(28)16-25(27-23)31-18-22-6-3-4-14-30-22/h7-10,13,15-17,22H,2-6,11-12,14,18H2,1H3,(H,27,28). The molecular weight excluding hydrogens is 390 g/mol. The van der Waals surface area contributed by atoms with Crippen LogP contribution in [0.2, 0.25) is 0 Å². The number of furan rings is 1. The van der Waals surface area contributed by atoms with Crippen LogP contribution >= 0.6 is 0 Å². The summed E-state index contributed by atoms with van der Waals surface area (Å²) < 4.78 is 16.9. The number of rotatable bonds is 9. The number of benzene rings is 1. The van der Waals surface area contributed by atoms with Gasteiger partial charge in [-0.25, -0.2) is 0 Å². The lowest BCUT2D eigenvalue weighted by Crippen LogP contribution is -2.26. The molecule has 3 heterocycles. The molecule has 0 radical (unpaired) electrons. The van der Waals surface area contributed by atoms with Crippen molar-refractivity contribution in [2.75, 3.05) is 13.2 Å². The van der Waals surface area contributed by atoms with Gasteiger partial charge < -0.3 is 18.9 Å². The van der Waals surface area contributed by atoms with Crippen molar-refractivity contribution in [2.24, 2.45) is 0 Å². The van der Waals surface area contributed by atoms with E-state index in [9.17, 15) is 4.79 Å². The Morgan fingerprint density at radius 1 is 1.06 bits per heavy atom. The van der Waals surface area contributed by atoms with E-state index in [1.165, 1.54) is 17.2 Å². The van der Waals surface area contributed by atoms with Crippen LogP contribution in [0.25, 0.3) is 11.1 Å². The molecule has 1 aromatic carbocycles. The van der Waals surface area contributed by atoms with Crippen molar-refractivity contribution >= 4 is 0 Å². The van der Waals surface area contributed by atoms with Gasteiger partial charge in [-0.1, -0.05) is 37.6 Å². The molecule has 4 rings (SSSR count). The highest BCUT2D eigenvalue weighted by Gasteiger charge is 2.17. The fraction of sp³-hybridized carbons (Fsp3) is 0.423. The molecule has 0 saturated carbocycles. The van der Waals surface area contributed by atoms with Crippen molar-refractivity contribution in [1.29, 1.82) is 0 Å². The first kappa shape index (κ1) is 21.4. The molecule has 1 N–H and O–H groups in total. The van der Waals surface area contributed by atoms with Crippen molar-refractivity contribution in [3.63, 3.8) is 0 Å². The van der Waals surface area contributed by atoms with E-state index in [4.69, 9.17) is 13.9 Å². The molecule has 31 heavy (non-hydrogen) atoms. The Hall–Kier alpha value is -2.79. The predicted octanol–water partition coefficient (Wildman–Crippen LogP) is 5.32. The average molecular weight is 422 g/mol. The van der Waals surface area contributed by atoms with Crippen molar-refractivity contribution in [2.45, 2.75) is 58.0 Å². The van der Waals surface area contributed by atoms with Gasteiger partial charge in [-0.05, 0) is 55.7 Å². The van der Waals surface area contributed by atoms with Gasteiger partial charge >= 0.3 is 0 Å².